The number of anilines is 1. The van der Waals surface area contributed by atoms with Gasteiger partial charge in [-0.1, -0.05) is 18.2 Å². The standard InChI is InChI=1S/C16H14F3N3O2S2/c1-9-5-3-4-6-11(9)22-26(23,24)14-8-13(25-10(14)2)12-7-15(21-20-12)16(17,18)19/h3-8,22H,1-2H3,(H,20,21). The van der Waals surface area contributed by atoms with E-state index < -0.39 is 21.9 Å². The van der Waals surface area contributed by atoms with Crippen LogP contribution in [0.5, 0.6) is 0 Å². The molecular weight excluding hydrogens is 387 g/mol. The normalized spacial score (nSPS) is 12.3. The molecule has 0 unspecified atom stereocenters. The van der Waals surface area contributed by atoms with Gasteiger partial charge in [0.15, 0.2) is 0 Å². The average Bonchev–Trinajstić information content (AvgIpc) is 3.15. The number of thiophene rings is 1. The van der Waals surface area contributed by atoms with Crippen LogP contribution in [0.25, 0.3) is 10.6 Å². The van der Waals surface area contributed by atoms with Crippen molar-refractivity contribution in [1.82, 2.24) is 10.2 Å². The maximum atomic E-state index is 12.7. The second kappa shape index (κ2) is 6.44. The van der Waals surface area contributed by atoms with Crippen molar-refractivity contribution in [1.29, 1.82) is 0 Å². The second-order valence-electron chi connectivity index (χ2n) is 5.62. The van der Waals surface area contributed by atoms with Gasteiger partial charge in [-0.2, -0.15) is 18.3 Å². The number of hydrogen-bond acceptors (Lipinski definition) is 4. The molecule has 138 valence electrons. The van der Waals surface area contributed by atoms with E-state index in [0.29, 0.717) is 15.4 Å². The fourth-order valence-electron chi connectivity index (χ4n) is 2.34. The Morgan fingerprint density at radius 2 is 1.85 bits per heavy atom. The molecule has 0 saturated heterocycles. The van der Waals surface area contributed by atoms with Gasteiger partial charge < -0.3 is 0 Å². The lowest BCUT2D eigenvalue weighted by Gasteiger charge is -2.09. The highest BCUT2D eigenvalue weighted by molar-refractivity contribution is 7.93. The summed E-state index contributed by atoms with van der Waals surface area (Å²) in [6.45, 7) is 3.37. The molecule has 2 heterocycles. The van der Waals surface area contributed by atoms with E-state index in [0.717, 1.165) is 23.0 Å². The minimum Gasteiger partial charge on any atom is -0.279 e. The lowest BCUT2D eigenvalue weighted by atomic mass is 10.2. The number of sulfonamides is 1. The molecule has 3 rings (SSSR count). The van der Waals surface area contributed by atoms with Crippen molar-refractivity contribution in [2.45, 2.75) is 24.9 Å². The van der Waals surface area contributed by atoms with Gasteiger partial charge in [0.05, 0.1) is 10.6 Å². The van der Waals surface area contributed by atoms with Crippen molar-refractivity contribution in [3.8, 4) is 10.6 Å². The highest BCUT2D eigenvalue weighted by Gasteiger charge is 2.33. The van der Waals surface area contributed by atoms with E-state index in [1.165, 1.54) is 6.07 Å². The molecule has 0 radical (unpaired) electrons. The molecule has 2 N–H and O–H groups in total. The number of benzene rings is 1. The molecule has 0 aliphatic heterocycles. The van der Waals surface area contributed by atoms with Gasteiger partial charge in [0.1, 0.15) is 16.3 Å². The van der Waals surface area contributed by atoms with Crippen LogP contribution in [0.4, 0.5) is 18.9 Å². The zero-order chi connectivity index (χ0) is 19.1. The molecule has 0 saturated carbocycles. The first-order valence-corrected chi connectivity index (χ1v) is 9.70. The van der Waals surface area contributed by atoms with Gasteiger partial charge in [-0.15, -0.1) is 11.3 Å². The van der Waals surface area contributed by atoms with Crippen LogP contribution >= 0.6 is 11.3 Å². The number of H-pyrrole nitrogens is 1. The van der Waals surface area contributed by atoms with Gasteiger partial charge in [0.25, 0.3) is 10.0 Å². The Balaban J connectivity index is 1.95. The number of para-hydroxylation sites is 1. The van der Waals surface area contributed by atoms with E-state index in [4.69, 9.17) is 0 Å². The number of alkyl halides is 3. The molecule has 5 nitrogen and oxygen atoms in total. The Morgan fingerprint density at radius 3 is 2.46 bits per heavy atom. The Morgan fingerprint density at radius 1 is 1.15 bits per heavy atom. The molecule has 10 heteroatoms. The Hall–Kier alpha value is -2.33. The maximum absolute atomic E-state index is 12.7. The quantitative estimate of drug-likeness (QED) is 0.672. The fraction of sp³-hybridized carbons (Fsp3) is 0.188. The van der Waals surface area contributed by atoms with Crippen molar-refractivity contribution >= 4 is 27.0 Å². The molecule has 0 fully saturated rings. The molecule has 0 atom stereocenters. The molecule has 0 bridgehead atoms. The van der Waals surface area contributed by atoms with Crippen molar-refractivity contribution in [3.63, 3.8) is 0 Å². The molecule has 2 aromatic heterocycles. The van der Waals surface area contributed by atoms with Crippen molar-refractivity contribution < 1.29 is 21.6 Å². The molecule has 0 aliphatic carbocycles. The summed E-state index contributed by atoms with van der Waals surface area (Å²) in [4.78, 5) is 0.800. The van der Waals surface area contributed by atoms with Gasteiger partial charge in [0, 0.05) is 4.88 Å². The number of aromatic nitrogens is 2. The predicted octanol–water partition coefficient (Wildman–Crippen LogP) is 4.57. The summed E-state index contributed by atoms with van der Waals surface area (Å²) < 4.78 is 65.9. The Bertz CT molecular complexity index is 1050. The van der Waals surface area contributed by atoms with E-state index in [1.54, 1.807) is 38.1 Å². The lowest BCUT2D eigenvalue weighted by molar-refractivity contribution is -0.141. The van der Waals surface area contributed by atoms with E-state index >= 15 is 0 Å². The lowest BCUT2D eigenvalue weighted by Crippen LogP contribution is -2.13. The van der Waals surface area contributed by atoms with Crippen LogP contribution in [-0.4, -0.2) is 18.6 Å². The third kappa shape index (κ3) is 3.61. The highest BCUT2D eigenvalue weighted by atomic mass is 32.2. The third-order valence-electron chi connectivity index (χ3n) is 3.69. The minimum atomic E-state index is -4.54. The van der Waals surface area contributed by atoms with Crippen LogP contribution in [0.3, 0.4) is 0 Å². The number of aryl methyl sites for hydroxylation is 2. The SMILES string of the molecule is Cc1ccccc1NS(=O)(=O)c1cc(-c2cc(C(F)(F)F)[nH]n2)sc1C. The average molecular weight is 401 g/mol. The number of rotatable bonds is 4. The first-order valence-electron chi connectivity index (χ1n) is 7.40. The summed E-state index contributed by atoms with van der Waals surface area (Å²) in [5, 5.41) is 5.56. The summed E-state index contributed by atoms with van der Waals surface area (Å²) in [6, 6.07) is 9.09. The first-order chi connectivity index (χ1) is 12.1. The summed E-state index contributed by atoms with van der Waals surface area (Å²) in [5.74, 6) is 0. The van der Waals surface area contributed by atoms with Gasteiger partial charge in [-0.05, 0) is 37.6 Å². The molecule has 1 aromatic carbocycles. The van der Waals surface area contributed by atoms with Crippen molar-refractivity contribution in [2.75, 3.05) is 4.72 Å². The van der Waals surface area contributed by atoms with Crippen LogP contribution in [0, 0.1) is 13.8 Å². The van der Waals surface area contributed by atoms with Gasteiger partial charge in [-0.3, -0.25) is 9.82 Å². The number of aromatic amines is 1. The Kier molecular flexibility index (Phi) is 4.57. The first kappa shape index (κ1) is 18.5. The van der Waals surface area contributed by atoms with E-state index in [1.807, 2.05) is 5.10 Å². The van der Waals surface area contributed by atoms with Crippen LogP contribution < -0.4 is 4.72 Å². The molecule has 0 spiro atoms. The Labute approximate surface area is 151 Å². The van der Waals surface area contributed by atoms with E-state index in [9.17, 15) is 21.6 Å². The molecule has 3 aromatic rings. The summed E-state index contributed by atoms with van der Waals surface area (Å²) >= 11 is 1.06. The number of nitrogens with one attached hydrogen (secondary N) is 2. The number of hydrogen-bond donors (Lipinski definition) is 2. The van der Waals surface area contributed by atoms with Crippen LogP contribution in [0.2, 0.25) is 0 Å². The highest BCUT2D eigenvalue weighted by Crippen LogP contribution is 2.36. The molecule has 0 amide bonds. The summed E-state index contributed by atoms with van der Waals surface area (Å²) in [6.07, 6.45) is -4.54. The van der Waals surface area contributed by atoms with Gasteiger partial charge >= 0.3 is 6.18 Å². The molecule has 0 aliphatic rings. The van der Waals surface area contributed by atoms with Crippen LogP contribution in [0.1, 0.15) is 16.1 Å². The third-order valence-corrected chi connectivity index (χ3v) is 6.38. The number of halogens is 3. The van der Waals surface area contributed by atoms with E-state index in [-0.39, 0.29) is 10.6 Å². The topological polar surface area (TPSA) is 74.8 Å². The zero-order valence-electron chi connectivity index (χ0n) is 13.7. The largest absolute Gasteiger partial charge is 0.432 e. The van der Waals surface area contributed by atoms with E-state index in [2.05, 4.69) is 9.82 Å². The summed E-state index contributed by atoms with van der Waals surface area (Å²) in [5.41, 5.74) is 0.258. The predicted molar refractivity (Wildman–Crippen MR) is 93.6 cm³/mol. The smallest absolute Gasteiger partial charge is 0.279 e. The molecular formula is C16H14F3N3O2S2. The second-order valence-corrected chi connectivity index (χ2v) is 8.52. The van der Waals surface area contributed by atoms with Crippen LogP contribution in [-0.2, 0) is 16.2 Å². The fourth-order valence-corrected chi connectivity index (χ4v) is 5.02. The van der Waals surface area contributed by atoms with Gasteiger partial charge in [0.2, 0.25) is 0 Å². The summed E-state index contributed by atoms with van der Waals surface area (Å²) in [7, 11) is -3.88. The maximum Gasteiger partial charge on any atom is 0.432 e. The van der Waals surface area contributed by atoms with Crippen LogP contribution in [0.15, 0.2) is 41.3 Å². The molecule has 26 heavy (non-hydrogen) atoms. The van der Waals surface area contributed by atoms with Crippen molar-refractivity contribution in [3.05, 3.63) is 52.5 Å². The monoisotopic (exact) mass is 401 g/mol. The van der Waals surface area contributed by atoms with Gasteiger partial charge in [-0.25, -0.2) is 8.42 Å². The number of nitrogens with zero attached hydrogens (tertiary/aromatic N) is 1. The van der Waals surface area contributed by atoms with Crippen molar-refractivity contribution in [2.24, 2.45) is 0 Å². The minimum absolute atomic E-state index is 0.0114. The zero-order valence-corrected chi connectivity index (χ0v) is 15.3.